The summed E-state index contributed by atoms with van der Waals surface area (Å²) in [5.74, 6) is 1.01. The molecular formula is C25H27FN3+. The summed E-state index contributed by atoms with van der Waals surface area (Å²) in [7, 11) is 0. The number of anilines is 2. The molecule has 0 spiro atoms. The van der Waals surface area contributed by atoms with Crippen LogP contribution in [0.1, 0.15) is 46.5 Å². The molecule has 0 fully saturated rings. The van der Waals surface area contributed by atoms with Crippen molar-refractivity contribution in [3.05, 3.63) is 69.9 Å². The van der Waals surface area contributed by atoms with Gasteiger partial charge in [0.15, 0.2) is 6.04 Å². The van der Waals surface area contributed by atoms with Crippen LogP contribution in [0.5, 0.6) is 0 Å². The molecule has 1 aliphatic heterocycles. The number of nitrogens with one attached hydrogen (secondary N) is 1. The van der Waals surface area contributed by atoms with Crippen molar-refractivity contribution in [1.82, 2.24) is 0 Å². The molecule has 1 aromatic heterocycles. The summed E-state index contributed by atoms with van der Waals surface area (Å²) in [4.78, 5) is 0. The minimum Gasteiger partial charge on any atom is -0.398 e. The van der Waals surface area contributed by atoms with Crippen molar-refractivity contribution in [3.63, 3.8) is 0 Å². The smallest absolute Gasteiger partial charge is 0.285 e. The fraction of sp³-hybridized carbons (Fsp3) is 0.320. The molecule has 2 unspecified atom stereocenters. The van der Waals surface area contributed by atoms with E-state index in [0.29, 0.717) is 6.42 Å². The van der Waals surface area contributed by atoms with Gasteiger partial charge in [0.2, 0.25) is 0 Å². The molecule has 2 aromatic carbocycles. The summed E-state index contributed by atoms with van der Waals surface area (Å²) in [6.07, 6.45) is 3.99. The lowest BCUT2D eigenvalue weighted by Crippen LogP contribution is -2.46. The summed E-state index contributed by atoms with van der Waals surface area (Å²) < 4.78 is 17.4. The Bertz CT molecular complexity index is 1180. The number of alkyl halides is 1. The van der Waals surface area contributed by atoms with Gasteiger partial charge in [-0.1, -0.05) is 35.9 Å². The lowest BCUT2D eigenvalue weighted by atomic mass is 9.87. The Hall–Kier alpha value is -2.88. The Morgan fingerprint density at radius 1 is 1.17 bits per heavy atom. The van der Waals surface area contributed by atoms with E-state index in [1.807, 2.05) is 18.2 Å². The maximum absolute atomic E-state index is 15.1. The number of allylic oxidation sites excluding steroid dienone is 1. The number of nitrogens with zero attached hydrogens (tertiary/aromatic N) is 1. The zero-order valence-electron chi connectivity index (χ0n) is 17.4. The standard InChI is InChI=1S/C25H26FN3/c1-14-10-15(2)22(16(3)11-14)21-13-28-24-23-18(6-5-7-19(23)27)17-8-9-25(4,26)12-20(17)29(21)24/h5-11,21H,12-13H2,1-4H3,(H2,27,28)/p+1. The van der Waals surface area contributed by atoms with Crippen molar-refractivity contribution in [3.8, 4) is 0 Å². The lowest BCUT2D eigenvalue weighted by molar-refractivity contribution is -0.694. The number of nitrogen functional groups attached to an aromatic ring is 1. The van der Waals surface area contributed by atoms with E-state index in [-0.39, 0.29) is 6.04 Å². The van der Waals surface area contributed by atoms with Crippen LogP contribution in [0.4, 0.5) is 15.9 Å². The van der Waals surface area contributed by atoms with E-state index in [9.17, 15) is 0 Å². The number of aromatic nitrogens is 1. The van der Waals surface area contributed by atoms with Gasteiger partial charge in [0.05, 0.1) is 5.39 Å². The summed E-state index contributed by atoms with van der Waals surface area (Å²) in [5.41, 5.74) is 13.1. The second-order valence-corrected chi connectivity index (χ2v) is 8.85. The molecule has 1 aliphatic carbocycles. The molecule has 0 amide bonds. The van der Waals surface area contributed by atoms with E-state index in [0.717, 1.165) is 40.1 Å². The number of fused-ring (bicyclic) bond motifs is 6. The average Bonchev–Trinajstić information content (AvgIpc) is 3.05. The Kier molecular flexibility index (Phi) is 3.79. The third-order valence-corrected chi connectivity index (χ3v) is 6.42. The van der Waals surface area contributed by atoms with Crippen molar-refractivity contribution in [2.45, 2.75) is 45.8 Å². The predicted octanol–water partition coefficient (Wildman–Crippen LogP) is 4.95. The van der Waals surface area contributed by atoms with Gasteiger partial charge in [-0.2, -0.15) is 0 Å². The van der Waals surface area contributed by atoms with Gasteiger partial charge < -0.3 is 5.73 Å². The normalized spacial score (nSPS) is 22.4. The van der Waals surface area contributed by atoms with Crippen molar-refractivity contribution < 1.29 is 8.96 Å². The van der Waals surface area contributed by atoms with E-state index in [4.69, 9.17) is 5.73 Å². The molecule has 0 saturated carbocycles. The number of benzene rings is 2. The molecule has 148 valence electrons. The lowest BCUT2D eigenvalue weighted by Gasteiger charge is -2.26. The molecule has 3 aromatic rings. The van der Waals surface area contributed by atoms with Crippen LogP contribution in [0.15, 0.2) is 36.4 Å². The van der Waals surface area contributed by atoms with Gasteiger partial charge in [-0.15, -0.1) is 0 Å². The first-order valence-electron chi connectivity index (χ1n) is 10.3. The molecular weight excluding hydrogens is 361 g/mol. The highest BCUT2D eigenvalue weighted by molar-refractivity contribution is 6.04. The average molecular weight is 389 g/mol. The number of rotatable bonds is 1. The van der Waals surface area contributed by atoms with E-state index in [1.54, 1.807) is 13.0 Å². The van der Waals surface area contributed by atoms with Gasteiger partial charge in [-0.3, -0.25) is 5.32 Å². The SMILES string of the molecule is Cc1cc(C)c(C2CNc3c4c(N)cccc4c4c([n+]32)CC(C)(F)C=C4)c(C)c1. The molecule has 29 heavy (non-hydrogen) atoms. The number of pyridine rings is 1. The second kappa shape index (κ2) is 6.06. The Labute approximate surface area is 171 Å². The maximum Gasteiger partial charge on any atom is 0.285 e. The Morgan fingerprint density at radius 2 is 1.90 bits per heavy atom. The Balaban J connectivity index is 1.87. The first-order valence-corrected chi connectivity index (χ1v) is 10.3. The summed E-state index contributed by atoms with van der Waals surface area (Å²) in [6.45, 7) is 8.91. The highest BCUT2D eigenvalue weighted by Crippen LogP contribution is 2.40. The largest absolute Gasteiger partial charge is 0.398 e. The molecule has 2 heterocycles. The number of hydrogen-bond donors (Lipinski definition) is 2. The fourth-order valence-electron chi connectivity index (χ4n) is 5.36. The highest BCUT2D eigenvalue weighted by Gasteiger charge is 2.41. The zero-order valence-corrected chi connectivity index (χ0v) is 17.4. The molecule has 0 radical (unpaired) electrons. The molecule has 2 aliphatic rings. The van der Waals surface area contributed by atoms with E-state index >= 15 is 4.39 Å². The second-order valence-electron chi connectivity index (χ2n) is 8.85. The number of hydrogen-bond acceptors (Lipinski definition) is 2. The van der Waals surface area contributed by atoms with Crippen molar-refractivity contribution in [1.29, 1.82) is 0 Å². The minimum atomic E-state index is -1.35. The van der Waals surface area contributed by atoms with Crippen LogP contribution in [0, 0.1) is 20.8 Å². The number of halogens is 1. The van der Waals surface area contributed by atoms with Gasteiger partial charge >= 0.3 is 0 Å². The first-order chi connectivity index (χ1) is 13.8. The minimum absolute atomic E-state index is 0.116. The molecule has 0 bridgehead atoms. The van der Waals surface area contributed by atoms with Crippen LogP contribution in [0.3, 0.4) is 0 Å². The quantitative estimate of drug-likeness (QED) is 0.458. The number of nitrogens with two attached hydrogens (primary N) is 1. The molecule has 0 saturated heterocycles. The van der Waals surface area contributed by atoms with Crippen molar-refractivity contribution in [2.75, 3.05) is 17.6 Å². The van der Waals surface area contributed by atoms with Crippen molar-refractivity contribution in [2.24, 2.45) is 0 Å². The van der Waals surface area contributed by atoms with Crippen LogP contribution in [-0.2, 0) is 6.42 Å². The van der Waals surface area contributed by atoms with Crippen LogP contribution < -0.4 is 15.6 Å². The van der Waals surface area contributed by atoms with Gasteiger partial charge in [0.1, 0.15) is 17.9 Å². The molecule has 5 rings (SSSR count). The predicted molar refractivity (Wildman–Crippen MR) is 118 cm³/mol. The zero-order chi connectivity index (χ0) is 20.5. The fourth-order valence-corrected chi connectivity index (χ4v) is 5.36. The van der Waals surface area contributed by atoms with Gasteiger partial charge in [-0.25, -0.2) is 8.96 Å². The Morgan fingerprint density at radius 3 is 2.62 bits per heavy atom. The van der Waals surface area contributed by atoms with Crippen LogP contribution in [0.25, 0.3) is 16.8 Å². The molecule has 3 N–H and O–H groups in total. The van der Waals surface area contributed by atoms with Gasteiger partial charge in [0, 0.05) is 28.6 Å². The number of aryl methyl sites for hydroxylation is 3. The van der Waals surface area contributed by atoms with Crippen LogP contribution in [-0.4, -0.2) is 12.2 Å². The topological polar surface area (TPSA) is 41.9 Å². The molecule has 4 heteroatoms. The first kappa shape index (κ1) is 18.2. The van der Waals surface area contributed by atoms with Crippen LogP contribution >= 0.6 is 0 Å². The van der Waals surface area contributed by atoms with Crippen molar-refractivity contribution >= 4 is 28.4 Å². The summed E-state index contributed by atoms with van der Waals surface area (Å²) in [5, 5.41) is 5.73. The third kappa shape index (κ3) is 2.65. The maximum atomic E-state index is 15.1. The van der Waals surface area contributed by atoms with E-state index in [2.05, 4.69) is 48.9 Å². The third-order valence-electron chi connectivity index (χ3n) is 6.42. The van der Waals surface area contributed by atoms with Crippen LogP contribution in [0.2, 0.25) is 0 Å². The van der Waals surface area contributed by atoms with Gasteiger partial charge in [0.25, 0.3) is 5.82 Å². The molecule has 3 nitrogen and oxygen atoms in total. The monoisotopic (exact) mass is 388 g/mol. The van der Waals surface area contributed by atoms with Gasteiger partial charge in [-0.05, 0) is 51.0 Å². The summed E-state index contributed by atoms with van der Waals surface area (Å²) in [6, 6.07) is 10.6. The van der Waals surface area contributed by atoms with E-state index in [1.165, 1.54) is 22.3 Å². The molecule has 2 atom stereocenters. The van der Waals surface area contributed by atoms with E-state index < -0.39 is 5.67 Å². The highest BCUT2D eigenvalue weighted by atomic mass is 19.1. The summed E-state index contributed by atoms with van der Waals surface area (Å²) >= 11 is 0.